The van der Waals surface area contributed by atoms with Crippen molar-refractivity contribution in [2.45, 2.75) is 10.3 Å². The molecular formula is C11H16ClNO4S. The van der Waals surface area contributed by atoms with Crippen LogP contribution in [0.1, 0.15) is 0 Å². The van der Waals surface area contributed by atoms with Gasteiger partial charge < -0.3 is 9.47 Å². The summed E-state index contributed by atoms with van der Waals surface area (Å²) in [6.45, 7) is 0.399. The highest BCUT2D eigenvalue weighted by atomic mass is 35.5. The summed E-state index contributed by atoms with van der Waals surface area (Å²) in [6.07, 6.45) is 0. The molecule has 7 heteroatoms. The molecule has 0 aliphatic heterocycles. The lowest BCUT2D eigenvalue weighted by molar-refractivity contribution is 0.198. The lowest BCUT2D eigenvalue weighted by Gasteiger charge is -2.10. The molecule has 5 nitrogen and oxygen atoms in total. The second kappa shape index (κ2) is 6.94. The van der Waals surface area contributed by atoms with Gasteiger partial charge in [0.1, 0.15) is 5.75 Å². The van der Waals surface area contributed by atoms with E-state index in [1.807, 2.05) is 0 Å². The monoisotopic (exact) mass is 293 g/mol. The quantitative estimate of drug-likeness (QED) is 0.768. The second-order valence-electron chi connectivity index (χ2n) is 3.58. The molecule has 102 valence electrons. The van der Waals surface area contributed by atoms with E-state index in [0.29, 0.717) is 5.75 Å². The number of sulfonamides is 1. The number of methoxy groups -OCH3 is 2. The van der Waals surface area contributed by atoms with Crippen molar-refractivity contribution in [3.05, 3.63) is 24.3 Å². The highest BCUT2D eigenvalue weighted by molar-refractivity contribution is 7.89. The van der Waals surface area contributed by atoms with E-state index in [-0.39, 0.29) is 18.0 Å². The van der Waals surface area contributed by atoms with Crippen molar-refractivity contribution in [1.29, 1.82) is 0 Å². The number of halogens is 1. The van der Waals surface area contributed by atoms with E-state index in [1.165, 1.54) is 26.4 Å². The Hall–Kier alpha value is -0.820. The molecule has 0 spiro atoms. The van der Waals surface area contributed by atoms with Gasteiger partial charge in [-0.3, -0.25) is 0 Å². The molecule has 1 atom stereocenters. The average Bonchev–Trinajstić information content (AvgIpc) is 2.37. The Bertz CT molecular complexity index is 460. The van der Waals surface area contributed by atoms with Gasteiger partial charge in [0.05, 0.1) is 24.0 Å². The lowest BCUT2D eigenvalue weighted by Crippen LogP contribution is -2.31. The lowest BCUT2D eigenvalue weighted by atomic mass is 10.3. The van der Waals surface area contributed by atoms with Gasteiger partial charge in [-0.15, -0.1) is 11.6 Å². The van der Waals surface area contributed by atoms with Crippen LogP contribution in [0.25, 0.3) is 0 Å². The molecule has 0 bridgehead atoms. The van der Waals surface area contributed by atoms with Gasteiger partial charge in [-0.1, -0.05) is 0 Å². The smallest absolute Gasteiger partial charge is 0.240 e. The predicted molar refractivity (Wildman–Crippen MR) is 69.7 cm³/mol. The topological polar surface area (TPSA) is 64.6 Å². The van der Waals surface area contributed by atoms with Crippen molar-refractivity contribution in [2.24, 2.45) is 0 Å². The minimum atomic E-state index is -3.54. The van der Waals surface area contributed by atoms with Gasteiger partial charge in [0.25, 0.3) is 0 Å². The number of rotatable bonds is 7. The maximum Gasteiger partial charge on any atom is 0.240 e. The number of hydrogen-bond acceptors (Lipinski definition) is 4. The van der Waals surface area contributed by atoms with E-state index in [0.717, 1.165) is 0 Å². The summed E-state index contributed by atoms with van der Waals surface area (Å²) in [5.74, 6) is 0.601. The molecule has 1 aromatic carbocycles. The minimum Gasteiger partial charge on any atom is -0.497 e. The maximum atomic E-state index is 11.9. The Morgan fingerprint density at radius 3 is 2.39 bits per heavy atom. The Kier molecular flexibility index (Phi) is 5.87. The van der Waals surface area contributed by atoms with Crippen LogP contribution < -0.4 is 9.46 Å². The fourth-order valence-electron chi connectivity index (χ4n) is 1.28. The number of alkyl halides is 1. The SMILES string of the molecule is COCC(Cl)CNS(=O)(=O)c1ccc(OC)cc1. The van der Waals surface area contributed by atoms with E-state index in [4.69, 9.17) is 21.1 Å². The number of nitrogens with one attached hydrogen (secondary N) is 1. The third-order valence-corrected chi connectivity index (χ3v) is 3.93. The summed E-state index contributed by atoms with van der Waals surface area (Å²) < 4.78 is 36.0. The average molecular weight is 294 g/mol. The van der Waals surface area contributed by atoms with Gasteiger partial charge in [0.15, 0.2) is 0 Å². The molecular weight excluding hydrogens is 278 g/mol. The van der Waals surface area contributed by atoms with E-state index < -0.39 is 15.4 Å². The van der Waals surface area contributed by atoms with E-state index >= 15 is 0 Å². The highest BCUT2D eigenvalue weighted by Gasteiger charge is 2.15. The Morgan fingerprint density at radius 1 is 1.28 bits per heavy atom. The first-order chi connectivity index (χ1) is 8.49. The number of hydrogen-bond donors (Lipinski definition) is 1. The number of ether oxygens (including phenoxy) is 2. The van der Waals surface area contributed by atoms with Crippen LogP contribution in [-0.4, -0.2) is 41.2 Å². The zero-order valence-corrected chi connectivity index (χ0v) is 11.8. The van der Waals surface area contributed by atoms with Gasteiger partial charge in [0.2, 0.25) is 10.0 Å². The summed E-state index contributed by atoms with van der Waals surface area (Å²) in [5.41, 5.74) is 0. The Labute approximate surface area is 112 Å². The largest absolute Gasteiger partial charge is 0.497 e. The second-order valence-corrected chi connectivity index (χ2v) is 5.96. The molecule has 0 heterocycles. The Morgan fingerprint density at radius 2 is 1.89 bits per heavy atom. The summed E-state index contributed by atoms with van der Waals surface area (Å²) in [6, 6.07) is 6.12. The van der Waals surface area contributed by atoms with Crippen LogP contribution in [0.5, 0.6) is 5.75 Å². The van der Waals surface area contributed by atoms with Gasteiger partial charge in [-0.05, 0) is 24.3 Å². The van der Waals surface area contributed by atoms with Gasteiger partial charge in [0, 0.05) is 13.7 Å². The van der Waals surface area contributed by atoms with Crippen molar-refractivity contribution >= 4 is 21.6 Å². The molecule has 1 unspecified atom stereocenters. The van der Waals surface area contributed by atoms with Crippen molar-refractivity contribution < 1.29 is 17.9 Å². The molecule has 0 aliphatic carbocycles. The standard InChI is InChI=1S/C11H16ClNO4S/c1-16-8-9(12)7-13-18(14,15)11-5-3-10(17-2)4-6-11/h3-6,9,13H,7-8H2,1-2H3. The highest BCUT2D eigenvalue weighted by Crippen LogP contribution is 2.15. The zero-order valence-electron chi connectivity index (χ0n) is 10.2. The van der Waals surface area contributed by atoms with Crippen molar-refractivity contribution in [3.63, 3.8) is 0 Å². The molecule has 0 amide bonds. The normalized spacial score (nSPS) is 13.3. The molecule has 0 saturated carbocycles. The van der Waals surface area contributed by atoms with Crippen molar-refractivity contribution in [3.8, 4) is 5.75 Å². The molecule has 0 fully saturated rings. The number of benzene rings is 1. The van der Waals surface area contributed by atoms with Gasteiger partial charge >= 0.3 is 0 Å². The summed E-state index contributed by atoms with van der Waals surface area (Å²) in [4.78, 5) is 0.171. The molecule has 1 rings (SSSR count). The molecule has 1 aromatic rings. The van der Waals surface area contributed by atoms with Crippen LogP contribution in [0, 0.1) is 0 Å². The summed E-state index contributed by atoms with van der Waals surface area (Å²) >= 11 is 5.85. The third-order valence-electron chi connectivity index (χ3n) is 2.21. The first kappa shape index (κ1) is 15.2. The van der Waals surface area contributed by atoms with E-state index in [9.17, 15) is 8.42 Å². The van der Waals surface area contributed by atoms with E-state index in [1.54, 1.807) is 12.1 Å². The predicted octanol–water partition coefficient (Wildman–Crippen LogP) is 1.23. The third kappa shape index (κ3) is 4.45. The molecule has 0 aromatic heterocycles. The molecule has 18 heavy (non-hydrogen) atoms. The van der Waals surface area contributed by atoms with Crippen LogP contribution >= 0.6 is 11.6 Å². The molecule has 0 radical (unpaired) electrons. The van der Waals surface area contributed by atoms with Crippen LogP contribution in [-0.2, 0) is 14.8 Å². The van der Waals surface area contributed by atoms with Crippen molar-refractivity contribution in [1.82, 2.24) is 4.72 Å². The maximum absolute atomic E-state index is 11.9. The minimum absolute atomic E-state index is 0.115. The Balaban J connectivity index is 2.67. The van der Waals surface area contributed by atoms with Crippen LogP contribution in [0.2, 0.25) is 0 Å². The molecule has 0 saturated heterocycles. The first-order valence-electron chi connectivity index (χ1n) is 5.26. The molecule has 0 aliphatic rings. The fraction of sp³-hybridized carbons (Fsp3) is 0.455. The first-order valence-corrected chi connectivity index (χ1v) is 7.18. The van der Waals surface area contributed by atoms with Gasteiger partial charge in [-0.2, -0.15) is 0 Å². The van der Waals surface area contributed by atoms with Crippen LogP contribution in [0.15, 0.2) is 29.2 Å². The fourth-order valence-corrected chi connectivity index (χ4v) is 2.65. The van der Waals surface area contributed by atoms with Crippen LogP contribution in [0.3, 0.4) is 0 Å². The van der Waals surface area contributed by atoms with E-state index in [2.05, 4.69) is 4.72 Å². The van der Waals surface area contributed by atoms with Gasteiger partial charge in [-0.25, -0.2) is 13.1 Å². The molecule has 1 N–H and O–H groups in total. The van der Waals surface area contributed by atoms with Crippen molar-refractivity contribution in [2.75, 3.05) is 27.4 Å². The summed E-state index contributed by atoms with van der Waals surface area (Å²) in [7, 11) is -0.518. The zero-order chi connectivity index (χ0) is 13.6. The summed E-state index contributed by atoms with van der Waals surface area (Å²) in [5, 5.41) is -0.400. The van der Waals surface area contributed by atoms with Crippen LogP contribution in [0.4, 0.5) is 0 Å².